The lowest BCUT2D eigenvalue weighted by Crippen LogP contribution is -2.53. The summed E-state index contributed by atoms with van der Waals surface area (Å²) in [6, 6.07) is 0. The summed E-state index contributed by atoms with van der Waals surface area (Å²) < 4.78 is 0. The topological polar surface area (TPSA) is 40.5 Å². The molecule has 2 N–H and O–H groups in total. The Bertz CT molecular complexity index is 508. The Hall–Kier alpha value is -0.340. The largest absolute Gasteiger partial charge is 0.393 e. The fourth-order valence-electron chi connectivity index (χ4n) is 6.89. The van der Waals surface area contributed by atoms with Gasteiger partial charge in [0, 0.05) is 0 Å². The first-order valence-corrected chi connectivity index (χ1v) is 9.38. The van der Waals surface area contributed by atoms with Crippen molar-refractivity contribution in [1.82, 2.24) is 0 Å². The molecule has 0 saturated heterocycles. The van der Waals surface area contributed by atoms with Gasteiger partial charge in [0.1, 0.15) is 0 Å². The lowest BCUT2D eigenvalue weighted by Gasteiger charge is -2.58. The minimum absolute atomic E-state index is 0.114. The fraction of sp³-hybridized carbons (Fsp3) is 0.900. The van der Waals surface area contributed by atoms with E-state index in [2.05, 4.69) is 26.8 Å². The third kappa shape index (κ3) is 1.80. The van der Waals surface area contributed by atoms with E-state index in [1.165, 1.54) is 25.7 Å². The van der Waals surface area contributed by atoms with Crippen LogP contribution in [0.1, 0.15) is 72.1 Å². The highest BCUT2D eigenvalue weighted by molar-refractivity contribution is 5.26. The minimum atomic E-state index is -0.476. The molecule has 7 atom stereocenters. The van der Waals surface area contributed by atoms with Gasteiger partial charge in [-0.25, -0.2) is 0 Å². The number of hydrogen-bond donors (Lipinski definition) is 2. The van der Waals surface area contributed by atoms with E-state index >= 15 is 0 Å². The van der Waals surface area contributed by atoms with Gasteiger partial charge in [0.2, 0.25) is 0 Å². The number of allylic oxidation sites excluding steroid dienone is 1. The smallest absolute Gasteiger partial charge is 0.0675 e. The van der Waals surface area contributed by atoms with Gasteiger partial charge in [-0.05, 0) is 86.9 Å². The summed E-state index contributed by atoms with van der Waals surface area (Å²) >= 11 is 0. The Balaban J connectivity index is 1.69. The van der Waals surface area contributed by atoms with E-state index in [-0.39, 0.29) is 11.5 Å². The summed E-state index contributed by atoms with van der Waals surface area (Å²) in [5.41, 5.74) is 1.50. The van der Waals surface area contributed by atoms with E-state index in [9.17, 15) is 10.2 Å². The first kappa shape index (κ1) is 15.2. The summed E-state index contributed by atoms with van der Waals surface area (Å²) in [5, 5.41) is 21.0. The van der Waals surface area contributed by atoms with Crippen LogP contribution < -0.4 is 0 Å². The summed E-state index contributed by atoms with van der Waals surface area (Å²) in [7, 11) is 0. The van der Waals surface area contributed by atoms with Gasteiger partial charge in [0.25, 0.3) is 0 Å². The molecule has 0 amide bonds. The molecule has 0 unspecified atom stereocenters. The summed E-state index contributed by atoms with van der Waals surface area (Å²) in [6.45, 7) is 6.90. The zero-order valence-electron chi connectivity index (χ0n) is 14.4. The minimum Gasteiger partial charge on any atom is -0.393 e. The molecule has 0 aromatic carbocycles. The molecule has 3 saturated carbocycles. The molecule has 0 aliphatic heterocycles. The van der Waals surface area contributed by atoms with Crippen molar-refractivity contribution >= 4 is 0 Å². The molecule has 2 heteroatoms. The number of hydrogen-bond acceptors (Lipinski definition) is 2. The highest BCUT2D eigenvalue weighted by Crippen LogP contribution is 2.66. The quantitative estimate of drug-likeness (QED) is 0.663. The third-order valence-corrected chi connectivity index (χ3v) is 8.64. The SMILES string of the molecule is C[C@]12CC[C@H](O)CC1=CC[C@H]1[C@H]3CC[C@](C)(O)[C@]3(C)CC[C@@H]12. The molecule has 0 spiro atoms. The predicted molar refractivity (Wildman–Crippen MR) is 88.3 cm³/mol. The van der Waals surface area contributed by atoms with E-state index in [0.29, 0.717) is 11.3 Å². The van der Waals surface area contributed by atoms with Gasteiger partial charge in [-0.2, -0.15) is 0 Å². The van der Waals surface area contributed by atoms with Crippen molar-refractivity contribution in [1.29, 1.82) is 0 Å². The number of aliphatic hydroxyl groups is 2. The van der Waals surface area contributed by atoms with Crippen LogP contribution in [0.4, 0.5) is 0 Å². The molecule has 0 radical (unpaired) electrons. The van der Waals surface area contributed by atoms with Crippen molar-refractivity contribution in [3.8, 4) is 0 Å². The Labute approximate surface area is 135 Å². The van der Waals surface area contributed by atoms with Crippen molar-refractivity contribution in [2.45, 2.75) is 83.8 Å². The van der Waals surface area contributed by atoms with Gasteiger partial charge in [-0.15, -0.1) is 0 Å². The third-order valence-electron chi connectivity index (χ3n) is 8.64. The Morgan fingerprint density at radius 1 is 1.00 bits per heavy atom. The fourth-order valence-corrected chi connectivity index (χ4v) is 6.89. The van der Waals surface area contributed by atoms with E-state index in [1.54, 1.807) is 5.57 Å². The Morgan fingerprint density at radius 3 is 2.50 bits per heavy atom. The van der Waals surface area contributed by atoms with Crippen molar-refractivity contribution in [3.63, 3.8) is 0 Å². The van der Waals surface area contributed by atoms with E-state index in [1.807, 2.05) is 0 Å². The highest BCUT2D eigenvalue weighted by atomic mass is 16.3. The van der Waals surface area contributed by atoms with E-state index in [4.69, 9.17) is 0 Å². The van der Waals surface area contributed by atoms with Gasteiger partial charge >= 0.3 is 0 Å². The van der Waals surface area contributed by atoms with Crippen LogP contribution in [0.2, 0.25) is 0 Å². The lowest BCUT2D eigenvalue weighted by molar-refractivity contribution is -0.115. The Kier molecular flexibility index (Phi) is 3.18. The van der Waals surface area contributed by atoms with Crippen molar-refractivity contribution < 1.29 is 10.2 Å². The van der Waals surface area contributed by atoms with Crippen molar-refractivity contribution in [3.05, 3.63) is 11.6 Å². The van der Waals surface area contributed by atoms with Gasteiger partial charge < -0.3 is 10.2 Å². The van der Waals surface area contributed by atoms with Crippen molar-refractivity contribution in [2.24, 2.45) is 28.6 Å². The standard InChI is InChI=1S/C20H32O2/c1-18-9-6-14(21)12-13(18)4-5-15-16(18)7-10-19(2)17(15)8-11-20(19,3)22/h4,14-17,21-22H,5-12H2,1-3H3/t14-,15+,16-,17+,18-,19+,20-/m0/s1. The molecule has 0 heterocycles. The molecule has 4 aliphatic rings. The first-order valence-electron chi connectivity index (χ1n) is 9.38. The lowest BCUT2D eigenvalue weighted by atomic mass is 9.47. The number of aliphatic hydroxyl groups excluding tert-OH is 1. The van der Waals surface area contributed by atoms with Gasteiger partial charge in [0.05, 0.1) is 11.7 Å². The normalized spacial score (nSPS) is 57.6. The molecule has 0 bridgehead atoms. The second-order valence-electron chi connectivity index (χ2n) is 9.42. The van der Waals surface area contributed by atoms with Crippen LogP contribution in [-0.4, -0.2) is 21.9 Å². The predicted octanol–water partition coefficient (Wildman–Crippen LogP) is 4.06. The average Bonchev–Trinajstić information content (AvgIpc) is 2.70. The van der Waals surface area contributed by atoms with Crippen LogP contribution in [0.3, 0.4) is 0 Å². The molecule has 2 nitrogen and oxygen atoms in total. The average molecular weight is 304 g/mol. The summed E-state index contributed by atoms with van der Waals surface area (Å²) in [4.78, 5) is 0. The van der Waals surface area contributed by atoms with Crippen LogP contribution in [0.15, 0.2) is 11.6 Å². The zero-order chi connectivity index (χ0) is 15.8. The maximum Gasteiger partial charge on any atom is 0.0675 e. The molecule has 0 aromatic rings. The van der Waals surface area contributed by atoms with Crippen LogP contribution in [0, 0.1) is 28.6 Å². The van der Waals surface area contributed by atoms with E-state index < -0.39 is 5.60 Å². The van der Waals surface area contributed by atoms with Gasteiger partial charge in [0.15, 0.2) is 0 Å². The maximum atomic E-state index is 10.9. The molecular weight excluding hydrogens is 272 g/mol. The Morgan fingerprint density at radius 2 is 1.73 bits per heavy atom. The molecule has 124 valence electrons. The van der Waals surface area contributed by atoms with Crippen LogP contribution in [0.5, 0.6) is 0 Å². The van der Waals surface area contributed by atoms with Crippen molar-refractivity contribution in [2.75, 3.05) is 0 Å². The summed E-state index contributed by atoms with van der Waals surface area (Å²) in [6.07, 6.45) is 11.2. The second kappa shape index (κ2) is 4.60. The van der Waals surface area contributed by atoms with Crippen LogP contribution >= 0.6 is 0 Å². The molecule has 3 fully saturated rings. The van der Waals surface area contributed by atoms with Gasteiger partial charge in [-0.3, -0.25) is 0 Å². The molecule has 0 aromatic heterocycles. The molecule has 4 aliphatic carbocycles. The molecule has 22 heavy (non-hydrogen) atoms. The number of fused-ring (bicyclic) bond motifs is 5. The molecule has 4 rings (SSSR count). The monoisotopic (exact) mass is 304 g/mol. The van der Waals surface area contributed by atoms with Crippen LogP contribution in [-0.2, 0) is 0 Å². The second-order valence-corrected chi connectivity index (χ2v) is 9.42. The first-order chi connectivity index (χ1) is 10.3. The van der Waals surface area contributed by atoms with Crippen LogP contribution in [0.25, 0.3) is 0 Å². The highest BCUT2D eigenvalue weighted by Gasteiger charge is 2.61. The number of rotatable bonds is 0. The maximum absolute atomic E-state index is 10.9. The zero-order valence-corrected chi connectivity index (χ0v) is 14.4. The molecular formula is C20H32O2. The van der Waals surface area contributed by atoms with E-state index in [0.717, 1.165) is 37.5 Å². The summed E-state index contributed by atoms with van der Waals surface area (Å²) in [5.74, 6) is 2.20. The van der Waals surface area contributed by atoms with Gasteiger partial charge in [-0.1, -0.05) is 25.5 Å².